The van der Waals surface area contributed by atoms with E-state index in [4.69, 9.17) is 4.74 Å². The average molecular weight is 274 g/mol. The highest BCUT2D eigenvalue weighted by atomic mass is 16.6. The van der Waals surface area contributed by atoms with E-state index in [0.717, 1.165) is 0 Å². The molecule has 0 spiro atoms. The predicted molar refractivity (Wildman–Crippen MR) is 70.7 cm³/mol. The van der Waals surface area contributed by atoms with Crippen molar-refractivity contribution in [3.05, 3.63) is 46.8 Å². The number of hydrogen-bond donors (Lipinski definition) is 2. The van der Waals surface area contributed by atoms with Gasteiger partial charge in [-0.1, -0.05) is 0 Å². The number of anilines is 2. The van der Waals surface area contributed by atoms with Crippen molar-refractivity contribution in [1.29, 1.82) is 0 Å². The highest BCUT2D eigenvalue weighted by molar-refractivity contribution is 5.96. The molecule has 2 N–H and O–H groups in total. The Morgan fingerprint density at radius 1 is 1.35 bits per heavy atom. The third kappa shape index (κ3) is 2.14. The summed E-state index contributed by atoms with van der Waals surface area (Å²) in [4.78, 5) is 21.9. The molecule has 1 aliphatic heterocycles. The lowest BCUT2D eigenvalue weighted by molar-refractivity contribution is -0.384. The number of carbonyl (C=O) groups is 1. The molecule has 0 saturated heterocycles. The van der Waals surface area contributed by atoms with Gasteiger partial charge in [-0.2, -0.15) is 0 Å². The van der Waals surface area contributed by atoms with Crippen molar-refractivity contribution < 1.29 is 14.5 Å². The maximum atomic E-state index is 11.3. The number of hydrogen-bond acceptors (Lipinski definition) is 5. The summed E-state index contributed by atoms with van der Waals surface area (Å²) in [5, 5.41) is 13.7. The summed E-state index contributed by atoms with van der Waals surface area (Å²) < 4.78 is 6.74. The third-order valence-corrected chi connectivity index (χ3v) is 2.78. The van der Waals surface area contributed by atoms with Gasteiger partial charge in [-0.3, -0.25) is 25.0 Å². The minimum absolute atomic E-state index is 0.131. The summed E-state index contributed by atoms with van der Waals surface area (Å²) in [6.45, 7) is -0.144. The van der Waals surface area contributed by atoms with E-state index in [0.29, 0.717) is 5.69 Å². The van der Waals surface area contributed by atoms with E-state index in [-0.39, 0.29) is 29.6 Å². The molecule has 3 rings (SSSR count). The Labute approximate surface area is 113 Å². The van der Waals surface area contributed by atoms with E-state index in [1.807, 2.05) is 0 Å². The van der Waals surface area contributed by atoms with Crippen LogP contribution >= 0.6 is 0 Å². The van der Waals surface area contributed by atoms with Crippen molar-refractivity contribution in [2.75, 3.05) is 17.3 Å². The summed E-state index contributed by atoms with van der Waals surface area (Å²) in [7, 11) is 0. The highest BCUT2D eigenvalue weighted by Crippen LogP contribution is 2.37. The molecule has 2 aromatic rings. The smallest absolute Gasteiger partial charge is 0.297 e. The zero-order valence-electron chi connectivity index (χ0n) is 10.2. The fraction of sp³-hybridized carbons (Fsp3) is 0.0833. The Bertz CT molecular complexity index is 681. The van der Waals surface area contributed by atoms with Gasteiger partial charge in [-0.25, -0.2) is 0 Å². The van der Waals surface area contributed by atoms with Gasteiger partial charge in [0.05, 0.1) is 16.7 Å². The Morgan fingerprint density at radius 2 is 2.10 bits per heavy atom. The molecule has 102 valence electrons. The number of rotatable bonds is 3. The van der Waals surface area contributed by atoms with Gasteiger partial charge < -0.3 is 10.1 Å². The highest BCUT2D eigenvalue weighted by Gasteiger charge is 2.23. The van der Waals surface area contributed by atoms with Crippen molar-refractivity contribution in [2.45, 2.75) is 0 Å². The molecule has 0 fully saturated rings. The van der Waals surface area contributed by atoms with Gasteiger partial charge in [0.1, 0.15) is 5.69 Å². The van der Waals surface area contributed by atoms with Gasteiger partial charge in [0.25, 0.3) is 11.6 Å². The number of aromatic nitrogens is 1. The van der Waals surface area contributed by atoms with Crippen LogP contribution in [0.2, 0.25) is 0 Å². The number of nitrogens with one attached hydrogen (secondary N) is 2. The molecule has 8 nitrogen and oxygen atoms in total. The number of ether oxygens (including phenoxy) is 1. The monoisotopic (exact) mass is 274 g/mol. The van der Waals surface area contributed by atoms with E-state index in [2.05, 4.69) is 10.7 Å². The summed E-state index contributed by atoms with van der Waals surface area (Å²) in [5.74, 6) is -0.00683. The van der Waals surface area contributed by atoms with E-state index in [1.54, 1.807) is 29.2 Å². The minimum Gasteiger partial charge on any atom is -0.481 e. The Morgan fingerprint density at radius 3 is 2.80 bits per heavy atom. The number of fused-ring (bicyclic) bond motifs is 1. The molecular weight excluding hydrogens is 264 g/mol. The van der Waals surface area contributed by atoms with Crippen LogP contribution in [-0.2, 0) is 4.79 Å². The van der Waals surface area contributed by atoms with Crippen molar-refractivity contribution >= 4 is 23.0 Å². The van der Waals surface area contributed by atoms with Gasteiger partial charge in [0.15, 0.2) is 12.4 Å². The van der Waals surface area contributed by atoms with Crippen molar-refractivity contribution in [1.82, 2.24) is 4.68 Å². The lowest BCUT2D eigenvalue weighted by atomic mass is 10.2. The van der Waals surface area contributed by atoms with E-state index < -0.39 is 4.92 Å². The van der Waals surface area contributed by atoms with Crippen LogP contribution in [0.15, 0.2) is 36.7 Å². The number of nitro groups is 1. The van der Waals surface area contributed by atoms with Gasteiger partial charge in [-0.05, 0) is 18.2 Å². The first kappa shape index (κ1) is 12.0. The Hall–Kier alpha value is -3.03. The van der Waals surface area contributed by atoms with E-state index >= 15 is 0 Å². The largest absolute Gasteiger partial charge is 0.481 e. The maximum Gasteiger partial charge on any atom is 0.297 e. The lowest BCUT2D eigenvalue weighted by Gasteiger charge is -2.19. The second-order valence-corrected chi connectivity index (χ2v) is 4.16. The quantitative estimate of drug-likeness (QED) is 0.654. The molecule has 20 heavy (non-hydrogen) atoms. The first-order chi connectivity index (χ1) is 9.63. The molecule has 0 aliphatic carbocycles. The van der Waals surface area contributed by atoms with Crippen LogP contribution in [0.1, 0.15) is 0 Å². The van der Waals surface area contributed by atoms with Crippen LogP contribution in [0.25, 0.3) is 0 Å². The summed E-state index contributed by atoms with van der Waals surface area (Å²) >= 11 is 0. The van der Waals surface area contributed by atoms with Crippen molar-refractivity contribution in [2.24, 2.45) is 0 Å². The summed E-state index contributed by atoms with van der Waals surface area (Å²) in [5.41, 5.74) is 3.40. The molecule has 1 aromatic heterocycles. The second-order valence-electron chi connectivity index (χ2n) is 4.16. The van der Waals surface area contributed by atoms with Gasteiger partial charge >= 0.3 is 0 Å². The molecule has 0 atom stereocenters. The molecule has 1 amide bonds. The zero-order valence-corrected chi connectivity index (χ0v) is 10.2. The first-order valence-electron chi connectivity index (χ1n) is 5.78. The number of nitro benzene ring substituents is 1. The number of amides is 1. The molecule has 1 aromatic carbocycles. The van der Waals surface area contributed by atoms with Crippen LogP contribution in [0.5, 0.6) is 5.75 Å². The van der Waals surface area contributed by atoms with E-state index in [1.165, 1.54) is 12.1 Å². The van der Waals surface area contributed by atoms with E-state index in [9.17, 15) is 14.9 Å². The Kier molecular flexibility index (Phi) is 2.75. The fourth-order valence-corrected chi connectivity index (χ4v) is 1.90. The third-order valence-electron chi connectivity index (χ3n) is 2.78. The molecule has 0 unspecified atom stereocenters. The topological polar surface area (TPSA) is 98.4 Å². The zero-order chi connectivity index (χ0) is 14.1. The summed E-state index contributed by atoms with van der Waals surface area (Å²) in [6.07, 6.45) is 3.41. The van der Waals surface area contributed by atoms with Crippen LogP contribution in [-0.4, -0.2) is 22.1 Å². The van der Waals surface area contributed by atoms with Crippen LogP contribution in [0.4, 0.5) is 17.1 Å². The van der Waals surface area contributed by atoms with Crippen LogP contribution in [0, 0.1) is 10.1 Å². The molecular formula is C12H10N4O4. The number of benzene rings is 1. The molecule has 0 radical (unpaired) electrons. The fourth-order valence-electron chi connectivity index (χ4n) is 1.90. The number of nitrogens with zero attached hydrogens (tertiary/aromatic N) is 2. The van der Waals surface area contributed by atoms with Crippen LogP contribution < -0.4 is 15.5 Å². The minimum atomic E-state index is -0.508. The molecule has 8 heteroatoms. The van der Waals surface area contributed by atoms with Crippen molar-refractivity contribution in [3.8, 4) is 5.75 Å². The average Bonchev–Trinajstić information content (AvgIpc) is 2.90. The normalized spacial score (nSPS) is 13.1. The Balaban J connectivity index is 2.04. The second kappa shape index (κ2) is 4.57. The first-order valence-corrected chi connectivity index (χ1v) is 5.78. The van der Waals surface area contributed by atoms with Crippen molar-refractivity contribution in [3.63, 3.8) is 0 Å². The lowest BCUT2D eigenvalue weighted by Crippen LogP contribution is -2.25. The van der Waals surface area contributed by atoms with Crippen LogP contribution in [0.3, 0.4) is 0 Å². The maximum absolute atomic E-state index is 11.3. The number of carbonyl (C=O) groups excluding carboxylic acids is 1. The SMILES string of the molecule is O=C1COc2cc([N+](=O)[O-])c(Nn3cccc3)cc2N1. The molecule has 0 saturated carbocycles. The predicted octanol–water partition coefficient (Wildman–Crippen LogP) is 1.60. The standard InChI is InChI=1S/C12H10N4O4/c17-12-7-20-11-6-10(16(18)19)8(5-9(11)13-12)14-15-3-1-2-4-15/h1-6,14H,7H2,(H,13,17). The molecule has 1 aliphatic rings. The van der Waals surface area contributed by atoms with Gasteiger partial charge in [-0.15, -0.1) is 0 Å². The summed E-state index contributed by atoms with van der Waals surface area (Å²) in [6, 6.07) is 6.33. The van der Waals surface area contributed by atoms with Gasteiger partial charge in [0, 0.05) is 12.4 Å². The molecule has 2 heterocycles. The van der Waals surface area contributed by atoms with Gasteiger partial charge in [0.2, 0.25) is 0 Å². The molecule has 0 bridgehead atoms.